The lowest BCUT2D eigenvalue weighted by atomic mass is 10.1. The predicted octanol–water partition coefficient (Wildman–Crippen LogP) is 2.68. The Morgan fingerprint density at radius 1 is 1.47 bits per heavy atom. The summed E-state index contributed by atoms with van der Waals surface area (Å²) in [6, 6.07) is 3.51. The summed E-state index contributed by atoms with van der Waals surface area (Å²) in [5.74, 6) is 0.174. The van der Waals surface area contributed by atoms with E-state index in [9.17, 15) is 5.11 Å². The van der Waals surface area contributed by atoms with E-state index in [-0.39, 0.29) is 5.75 Å². The number of rotatable bonds is 3. The van der Waals surface area contributed by atoms with E-state index in [4.69, 9.17) is 21.8 Å². The van der Waals surface area contributed by atoms with Crippen LogP contribution in [0.2, 0.25) is 5.02 Å². The molecule has 0 aliphatic rings. The van der Waals surface area contributed by atoms with Gasteiger partial charge < -0.3 is 15.3 Å². The second-order valence-electron chi connectivity index (χ2n) is 3.42. The highest BCUT2D eigenvalue weighted by Crippen LogP contribution is 2.35. The molecule has 0 atom stereocenters. The first kappa shape index (κ1) is 10.3. The Morgan fingerprint density at radius 2 is 2.27 bits per heavy atom. The molecule has 2 aromatic rings. The predicted molar refractivity (Wildman–Crippen MR) is 60.3 cm³/mol. The van der Waals surface area contributed by atoms with Crippen molar-refractivity contribution < 1.29 is 9.52 Å². The van der Waals surface area contributed by atoms with Crippen molar-refractivity contribution in [2.24, 2.45) is 5.73 Å². The molecule has 1 heterocycles. The molecule has 0 saturated heterocycles. The Hall–Kier alpha value is -1.19. The van der Waals surface area contributed by atoms with E-state index in [1.54, 1.807) is 12.1 Å². The van der Waals surface area contributed by atoms with Gasteiger partial charge in [-0.2, -0.15) is 0 Å². The molecule has 4 heteroatoms. The van der Waals surface area contributed by atoms with Gasteiger partial charge in [0.15, 0.2) is 11.3 Å². The number of hydrogen-bond donors (Lipinski definition) is 2. The third-order valence-corrected chi connectivity index (χ3v) is 2.71. The quantitative estimate of drug-likeness (QED) is 0.845. The lowest BCUT2D eigenvalue weighted by Gasteiger charge is -2.05. The van der Waals surface area contributed by atoms with Gasteiger partial charge in [0.2, 0.25) is 0 Å². The summed E-state index contributed by atoms with van der Waals surface area (Å²) in [5.41, 5.74) is 6.66. The third-order valence-electron chi connectivity index (χ3n) is 2.39. The van der Waals surface area contributed by atoms with Crippen molar-refractivity contribution in [3.63, 3.8) is 0 Å². The number of aromatic hydroxyl groups is 1. The van der Waals surface area contributed by atoms with Crippen LogP contribution in [-0.4, -0.2) is 11.7 Å². The van der Waals surface area contributed by atoms with E-state index < -0.39 is 0 Å². The van der Waals surface area contributed by atoms with E-state index in [0.29, 0.717) is 23.6 Å². The van der Waals surface area contributed by atoms with E-state index in [1.165, 1.54) is 6.26 Å². The molecule has 3 nitrogen and oxygen atoms in total. The van der Waals surface area contributed by atoms with Crippen LogP contribution in [-0.2, 0) is 6.42 Å². The van der Waals surface area contributed by atoms with E-state index in [0.717, 1.165) is 17.4 Å². The Kier molecular flexibility index (Phi) is 2.84. The maximum atomic E-state index is 9.90. The molecule has 0 saturated carbocycles. The van der Waals surface area contributed by atoms with Crippen LogP contribution < -0.4 is 5.73 Å². The van der Waals surface area contributed by atoms with Gasteiger partial charge in [-0.3, -0.25) is 0 Å². The van der Waals surface area contributed by atoms with Crippen LogP contribution in [0.5, 0.6) is 5.75 Å². The second-order valence-corrected chi connectivity index (χ2v) is 3.83. The number of aryl methyl sites for hydroxylation is 1. The van der Waals surface area contributed by atoms with Crippen molar-refractivity contribution in [1.29, 1.82) is 0 Å². The second kappa shape index (κ2) is 4.13. The molecule has 15 heavy (non-hydrogen) atoms. The normalized spacial score (nSPS) is 11.1. The molecular weight excluding hydrogens is 214 g/mol. The summed E-state index contributed by atoms with van der Waals surface area (Å²) in [5, 5.41) is 11.2. The highest BCUT2D eigenvalue weighted by atomic mass is 35.5. The SMILES string of the molecule is NCCCc1cc(Cl)c2ccoc2c1O. The van der Waals surface area contributed by atoms with E-state index >= 15 is 0 Å². The Bertz CT molecular complexity index is 479. The molecule has 0 unspecified atom stereocenters. The molecule has 80 valence electrons. The van der Waals surface area contributed by atoms with Crippen LogP contribution in [0.3, 0.4) is 0 Å². The number of nitrogens with two attached hydrogens (primary N) is 1. The zero-order valence-corrected chi connectivity index (χ0v) is 8.92. The fourth-order valence-electron chi connectivity index (χ4n) is 1.61. The van der Waals surface area contributed by atoms with Gasteiger partial charge in [-0.25, -0.2) is 0 Å². The Labute approximate surface area is 92.4 Å². The average Bonchev–Trinajstić information content (AvgIpc) is 2.70. The van der Waals surface area contributed by atoms with Gasteiger partial charge in [-0.1, -0.05) is 11.6 Å². The zero-order chi connectivity index (χ0) is 10.8. The van der Waals surface area contributed by atoms with E-state index in [1.807, 2.05) is 0 Å². The van der Waals surface area contributed by atoms with E-state index in [2.05, 4.69) is 0 Å². The maximum Gasteiger partial charge on any atom is 0.177 e. The molecule has 1 aromatic heterocycles. The van der Waals surface area contributed by atoms with Gasteiger partial charge in [-0.05, 0) is 37.1 Å². The highest BCUT2D eigenvalue weighted by molar-refractivity contribution is 6.35. The van der Waals surface area contributed by atoms with Gasteiger partial charge in [0.1, 0.15) is 0 Å². The molecule has 0 aliphatic carbocycles. The molecule has 3 N–H and O–H groups in total. The van der Waals surface area contributed by atoms with Crippen molar-refractivity contribution in [3.8, 4) is 5.75 Å². The van der Waals surface area contributed by atoms with Crippen molar-refractivity contribution in [2.45, 2.75) is 12.8 Å². The number of benzene rings is 1. The van der Waals surface area contributed by atoms with Gasteiger partial charge >= 0.3 is 0 Å². The van der Waals surface area contributed by atoms with Crippen molar-refractivity contribution in [1.82, 2.24) is 0 Å². The lowest BCUT2D eigenvalue weighted by Crippen LogP contribution is -2.00. The molecule has 1 aromatic carbocycles. The van der Waals surface area contributed by atoms with Crippen LogP contribution in [0.25, 0.3) is 11.0 Å². The summed E-state index contributed by atoms with van der Waals surface area (Å²) in [6.07, 6.45) is 3.04. The molecule has 0 spiro atoms. The largest absolute Gasteiger partial charge is 0.504 e. The zero-order valence-electron chi connectivity index (χ0n) is 8.16. The van der Waals surface area contributed by atoms with Gasteiger partial charge in [0.25, 0.3) is 0 Å². The molecule has 0 radical (unpaired) electrons. The number of furan rings is 1. The first-order chi connectivity index (χ1) is 7.24. The smallest absolute Gasteiger partial charge is 0.177 e. The van der Waals surface area contributed by atoms with Gasteiger partial charge in [-0.15, -0.1) is 0 Å². The minimum absolute atomic E-state index is 0.174. The Balaban J connectivity index is 2.51. The van der Waals surface area contributed by atoms with Crippen molar-refractivity contribution in [3.05, 3.63) is 29.0 Å². The van der Waals surface area contributed by atoms with Crippen LogP contribution in [0, 0.1) is 0 Å². The van der Waals surface area contributed by atoms with Crippen LogP contribution in [0.1, 0.15) is 12.0 Å². The number of hydrogen-bond acceptors (Lipinski definition) is 3. The first-order valence-corrected chi connectivity index (χ1v) is 5.19. The molecular formula is C11H12ClNO2. The van der Waals surface area contributed by atoms with Crippen molar-refractivity contribution in [2.75, 3.05) is 6.54 Å². The summed E-state index contributed by atoms with van der Waals surface area (Å²) in [4.78, 5) is 0. The lowest BCUT2D eigenvalue weighted by molar-refractivity contribution is 0.457. The van der Waals surface area contributed by atoms with Crippen LogP contribution in [0.4, 0.5) is 0 Å². The minimum atomic E-state index is 0.174. The molecule has 0 aliphatic heterocycles. The summed E-state index contributed by atoms with van der Waals surface area (Å²) < 4.78 is 5.18. The van der Waals surface area contributed by atoms with Crippen LogP contribution >= 0.6 is 11.6 Å². The highest BCUT2D eigenvalue weighted by Gasteiger charge is 2.12. The van der Waals surface area contributed by atoms with Crippen LogP contribution in [0.15, 0.2) is 22.8 Å². The average molecular weight is 226 g/mol. The summed E-state index contributed by atoms with van der Waals surface area (Å²) in [7, 11) is 0. The van der Waals surface area contributed by atoms with Gasteiger partial charge in [0, 0.05) is 5.39 Å². The number of halogens is 1. The van der Waals surface area contributed by atoms with Gasteiger partial charge in [0.05, 0.1) is 11.3 Å². The standard InChI is InChI=1S/C11H12ClNO2/c12-9-6-7(2-1-4-13)10(14)11-8(9)3-5-15-11/h3,5-6,14H,1-2,4,13H2. The topological polar surface area (TPSA) is 59.4 Å². The Morgan fingerprint density at radius 3 is 3.00 bits per heavy atom. The minimum Gasteiger partial charge on any atom is -0.504 e. The summed E-state index contributed by atoms with van der Waals surface area (Å²) in [6.45, 7) is 0.591. The molecule has 0 amide bonds. The number of fused-ring (bicyclic) bond motifs is 1. The molecule has 0 fully saturated rings. The van der Waals surface area contributed by atoms with Crippen molar-refractivity contribution >= 4 is 22.6 Å². The maximum absolute atomic E-state index is 9.90. The third kappa shape index (κ3) is 1.80. The number of phenolic OH excluding ortho intramolecular Hbond substituents is 1. The monoisotopic (exact) mass is 225 g/mol. The molecule has 0 bridgehead atoms. The molecule has 2 rings (SSSR count). The fraction of sp³-hybridized carbons (Fsp3) is 0.273. The number of phenols is 1. The fourth-order valence-corrected chi connectivity index (χ4v) is 1.89. The summed E-state index contributed by atoms with van der Waals surface area (Å²) >= 11 is 6.05. The first-order valence-electron chi connectivity index (χ1n) is 4.81.